The first kappa shape index (κ1) is 6.66. The molecule has 0 nitrogen and oxygen atoms in total. The number of hydrogen-bond acceptors (Lipinski definition) is 0. The van der Waals surface area contributed by atoms with E-state index in [-0.39, 0.29) is 0 Å². The molecule has 0 aliphatic heterocycles. The fourth-order valence-electron chi connectivity index (χ4n) is 4.51. The predicted molar refractivity (Wildman–Crippen MR) is 55.9 cm³/mol. The van der Waals surface area contributed by atoms with E-state index in [4.69, 9.17) is 0 Å². The average Bonchev–Trinajstić information content (AvgIpc) is 2.71. The van der Waals surface area contributed by atoms with E-state index in [0.29, 0.717) is 0 Å². The Kier molecular flexibility index (Phi) is 0.857. The van der Waals surface area contributed by atoms with Gasteiger partial charge in [0.25, 0.3) is 0 Å². The van der Waals surface area contributed by atoms with Crippen molar-refractivity contribution in [1.29, 1.82) is 0 Å². The molecule has 6 aliphatic carbocycles. The Morgan fingerprint density at radius 3 is 1.50 bits per heavy atom. The minimum absolute atomic E-state index is 0.970. The third-order valence-electron chi connectivity index (χ3n) is 5.33. The molecular formula is C14H14. The number of hydrogen-bond donors (Lipinski definition) is 0. The van der Waals surface area contributed by atoms with Crippen LogP contribution in [0.15, 0.2) is 12.1 Å². The van der Waals surface area contributed by atoms with Gasteiger partial charge >= 0.3 is 0 Å². The van der Waals surface area contributed by atoms with E-state index in [1.807, 2.05) is 11.1 Å². The standard InChI is InChI=1S/C14H14/c1-2-12-8-5-10(6-8)14(12)13-9-3-7(4-9)11(1)13/h1-2,7-10H,3-6H2. The lowest BCUT2D eigenvalue weighted by Crippen LogP contribution is -2.10. The van der Waals surface area contributed by atoms with Crippen LogP contribution in [0.3, 0.4) is 0 Å². The summed E-state index contributed by atoms with van der Waals surface area (Å²) in [7, 11) is 0. The van der Waals surface area contributed by atoms with Gasteiger partial charge in [-0.2, -0.15) is 0 Å². The quantitative estimate of drug-likeness (QED) is 0.574. The molecule has 0 aromatic heterocycles. The molecule has 6 aliphatic rings. The zero-order valence-electron chi connectivity index (χ0n) is 8.29. The molecule has 7 rings (SSSR count). The Morgan fingerprint density at radius 1 is 0.643 bits per heavy atom. The topological polar surface area (TPSA) is 0 Å². The second kappa shape index (κ2) is 1.80. The highest BCUT2D eigenvalue weighted by atomic mass is 14.5. The van der Waals surface area contributed by atoms with Crippen LogP contribution in [0.25, 0.3) is 0 Å². The van der Waals surface area contributed by atoms with Gasteiger partial charge in [-0.05, 0) is 71.6 Å². The summed E-state index contributed by atoms with van der Waals surface area (Å²) < 4.78 is 0. The minimum atomic E-state index is 0.970. The van der Waals surface area contributed by atoms with Gasteiger partial charge in [-0.25, -0.2) is 0 Å². The summed E-state index contributed by atoms with van der Waals surface area (Å²) in [5.74, 6) is 3.92. The van der Waals surface area contributed by atoms with Crippen LogP contribution in [0.1, 0.15) is 71.6 Å². The normalized spacial score (nSPS) is 44.0. The van der Waals surface area contributed by atoms with Crippen LogP contribution in [-0.2, 0) is 0 Å². The van der Waals surface area contributed by atoms with E-state index in [2.05, 4.69) is 12.1 Å². The highest BCUT2D eigenvalue weighted by Gasteiger charge is 2.50. The summed E-state index contributed by atoms with van der Waals surface area (Å²) in [4.78, 5) is 0. The predicted octanol–water partition coefficient (Wildman–Crippen LogP) is 3.64. The number of rotatable bonds is 0. The Bertz CT molecular complexity index is 402. The van der Waals surface area contributed by atoms with Gasteiger partial charge in [-0.1, -0.05) is 12.1 Å². The van der Waals surface area contributed by atoms with Crippen molar-refractivity contribution in [3.63, 3.8) is 0 Å². The lowest BCUT2D eigenvalue weighted by atomic mass is 9.78. The molecule has 0 radical (unpaired) electrons. The lowest BCUT2D eigenvalue weighted by Gasteiger charge is -2.25. The van der Waals surface area contributed by atoms with E-state index in [1.165, 1.54) is 25.7 Å². The molecule has 0 N–H and O–H groups in total. The van der Waals surface area contributed by atoms with Crippen LogP contribution in [0, 0.1) is 0 Å². The van der Waals surface area contributed by atoms with Crippen molar-refractivity contribution in [3.8, 4) is 0 Å². The zero-order valence-corrected chi connectivity index (χ0v) is 8.29. The SMILES string of the molecule is c1cc2c(c3c1C1CC3C1)C1CC2C1. The van der Waals surface area contributed by atoms with E-state index in [1.54, 1.807) is 11.1 Å². The minimum Gasteiger partial charge on any atom is -0.0582 e. The van der Waals surface area contributed by atoms with Gasteiger partial charge in [0.1, 0.15) is 0 Å². The van der Waals surface area contributed by atoms with Crippen LogP contribution < -0.4 is 0 Å². The Hall–Kier alpha value is -0.780. The molecule has 1 aromatic rings. The number of benzene rings is 1. The van der Waals surface area contributed by atoms with Gasteiger partial charge in [0.15, 0.2) is 0 Å². The Morgan fingerprint density at radius 2 is 1.07 bits per heavy atom. The van der Waals surface area contributed by atoms with E-state index < -0.39 is 0 Å². The lowest BCUT2D eigenvalue weighted by molar-refractivity contribution is 0.390. The zero-order chi connectivity index (χ0) is 8.86. The summed E-state index contributed by atoms with van der Waals surface area (Å²) in [5, 5.41) is 0. The molecule has 0 heterocycles. The molecule has 0 heteroatoms. The first-order valence-corrected chi connectivity index (χ1v) is 6.08. The molecule has 0 amide bonds. The molecule has 0 spiro atoms. The summed E-state index contributed by atoms with van der Waals surface area (Å²) in [6, 6.07) is 4.93. The van der Waals surface area contributed by atoms with Crippen molar-refractivity contribution in [2.45, 2.75) is 49.4 Å². The second-order valence-corrected chi connectivity index (χ2v) is 5.80. The third kappa shape index (κ3) is 0.504. The Balaban J connectivity index is 1.89. The molecule has 2 fully saturated rings. The molecule has 4 bridgehead atoms. The molecule has 0 saturated heterocycles. The molecular weight excluding hydrogens is 168 g/mol. The highest BCUT2D eigenvalue weighted by Crippen LogP contribution is 2.66. The van der Waals surface area contributed by atoms with E-state index in [0.717, 1.165) is 23.7 Å². The Labute approximate surface area is 84.3 Å². The molecule has 70 valence electrons. The van der Waals surface area contributed by atoms with Crippen molar-refractivity contribution in [3.05, 3.63) is 34.4 Å². The van der Waals surface area contributed by atoms with Gasteiger partial charge in [-0.15, -0.1) is 0 Å². The first-order valence-electron chi connectivity index (χ1n) is 6.08. The monoisotopic (exact) mass is 182 g/mol. The molecule has 0 unspecified atom stereocenters. The smallest absolute Gasteiger partial charge is 0.0145 e. The van der Waals surface area contributed by atoms with Crippen LogP contribution in [0.2, 0.25) is 0 Å². The van der Waals surface area contributed by atoms with Gasteiger partial charge in [0.05, 0.1) is 0 Å². The summed E-state index contributed by atoms with van der Waals surface area (Å²) in [6.07, 6.45) is 5.96. The molecule has 1 aromatic carbocycles. The summed E-state index contributed by atoms with van der Waals surface area (Å²) in [6.45, 7) is 0. The van der Waals surface area contributed by atoms with Crippen LogP contribution in [-0.4, -0.2) is 0 Å². The maximum Gasteiger partial charge on any atom is -0.0145 e. The third-order valence-corrected chi connectivity index (χ3v) is 5.33. The van der Waals surface area contributed by atoms with Crippen LogP contribution >= 0.6 is 0 Å². The van der Waals surface area contributed by atoms with Crippen molar-refractivity contribution in [1.82, 2.24) is 0 Å². The van der Waals surface area contributed by atoms with Crippen molar-refractivity contribution >= 4 is 0 Å². The van der Waals surface area contributed by atoms with E-state index >= 15 is 0 Å². The van der Waals surface area contributed by atoms with Crippen LogP contribution in [0.5, 0.6) is 0 Å². The molecule has 2 saturated carbocycles. The first-order chi connectivity index (χ1) is 6.92. The average molecular weight is 182 g/mol. The fraction of sp³-hybridized carbons (Fsp3) is 0.571. The highest BCUT2D eigenvalue weighted by molar-refractivity contribution is 5.58. The van der Waals surface area contributed by atoms with Gasteiger partial charge in [0.2, 0.25) is 0 Å². The molecule has 0 atom stereocenters. The molecule has 14 heavy (non-hydrogen) atoms. The van der Waals surface area contributed by atoms with Crippen molar-refractivity contribution in [2.75, 3.05) is 0 Å². The van der Waals surface area contributed by atoms with Gasteiger partial charge in [0, 0.05) is 0 Å². The maximum atomic E-state index is 2.46. The largest absolute Gasteiger partial charge is 0.0582 e. The summed E-state index contributed by atoms with van der Waals surface area (Å²) >= 11 is 0. The summed E-state index contributed by atoms with van der Waals surface area (Å²) in [5.41, 5.74) is 7.19. The second-order valence-electron chi connectivity index (χ2n) is 5.80. The van der Waals surface area contributed by atoms with Gasteiger partial charge < -0.3 is 0 Å². The van der Waals surface area contributed by atoms with E-state index in [9.17, 15) is 0 Å². The fourth-order valence-corrected chi connectivity index (χ4v) is 4.51. The van der Waals surface area contributed by atoms with Gasteiger partial charge in [-0.3, -0.25) is 0 Å². The van der Waals surface area contributed by atoms with Crippen molar-refractivity contribution < 1.29 is 0 Å². The van der Waals surface area contributed by atoms with Crippen molar-refractivity contribution in [2.24, 2.45) is 0 Å². The van der Waals surface area contributed by atoms with Crippen LogP contribution in [0.4, 0.5) is 0 Å². The maximum absolute atomic E-state index is 2.46.